The first-order chi connectivity index (χ1) is 18.3. The van der Waals surface area contributed by atoms with Crippen LogP contribution in [0.4, 0.5) is 23.2 Å². The van der Waals surface area contributed by atoms with Crippen LogP contribution in [-0.4, -0.2) is 51.5 Å². The lowest BCUT2D eigenvalue weighted by Gasteiger charge is -2.11. The SMILES string of the molecule is Cc1c(NC(=O)c2cc(C(N)=O)c3ccc(F)cc3n2)c(C(F)(F)F)nn1Cc1ccc(C(=O)N(C)C)cc1. The van der Waals surface area contributed by atoms with Gasteiger partial charge in [-0.25, -0.2) is 9.37 Å². The Hall–Kier alpha value is -4.81. The molecule has 0 spiro atoms. The van der Waals surface area contributed by atoms with Gasteiger partial charge in [-0.05, 0) is 42.8 Å². The van der Waals surface area contributed by atoms with Crippen molar-refractivity contribution in [3.8, 4) is 0 Å². The second-order valence-corrected chi connectivity index (χ2v) is 8.90. The van der Waals surface area contributed by atoms with Crippen LogP contribution in [0.3, 0.4) is 0 Å². The van der Waals surface area contributed by atoms with E-state index in [0.717, 1.165) is 22.9 Å². The van der Waals surface area contributed by atoms with E-state index in [4.69, 9.17) is 5.73 Å². The molecule has 0 bridgehead atoms. The first-order valence-electron chi connectivity index (χ1n) is 11.4. The molecule has 202 valence electrons. The van der Waals surface area contributed by atoms with Crippen molar-refractivity contribution in [3.05, 3.63) is 88.1 Å². The maximum absolute atomic E-state index is 13.9. The summed E-state index contributed by atoms with van der Waals surface area (Å²) in [5.74, 6) is -2.94. The summed E-state index contributed by atoms with van der Waals surface area (Å²) in [4.78, 5) is 42.4. The first-order valence-corrected chi connectivity index (χ1v) is 11.4. The van der Waals surface area contributed by atoms with Crippen LogP contribution in [0.25, 0.3) is 10.9 Å². The standard InChI is InChI=1S/C26H22F4N6O3/c1-13-21(33-24(38)20-11-18(23(31)37)17-9-8-16(27)10-19(17)32-20)22(26(28,29)30)34-36(13)12-14-4-6-15(7-5-14)25(39)35(2)3/h4-11H,12H2,1-3H3,(H2,31,37)(H,33,38). The van der Waals surface area contributed by atoms with Crippen LogP contribution in [0.5, 0.6) is 0 Å². The Morgan fingerprint density at radius 2 is 1.72 bits per heavy atom. The molecule has 0 radical (unpaired) electrons. The second-order valence-electron chi connectivity index (χ2n) is 8.90. The summed E-state index contributed by atoms with van der Waals surface area (Å²) < 4.78 is 56.5. The largest absolute Gasteiger partial charge is 0.437 e. The summed E-state index contributed by atoms with van der Waals surface area (Å²) >= 11 is 0. The molecule has 3 N–H and O–H groups in total. The summed E-state index contributed by atoms with van der Waals surface area (Å²) in [6.45, 7) is 1.26. The number of pyridine rings is 1. The molecule has 13 heteroatoms. The number of nitrogens with two attached hydrogens (primary N) is 1. The molecule has 0 saturated carbocycles. The number of hydrogen-bond acceptors (Lipinski definition) is 5. The smallest absolute Gasteiger partial charge is 0.366 e. The molecule has 0 aliphatic carbocycles. The van der Waals surface area contributed by atoms with E-state index in [9.17, 15) is 31.9 Å². The summed E-state index contributed by atoms with van der Waals surface area (Å²) in [5, 5.41) is 6.04. The van der Waals surface area contributed by atoms with Gasteiger partial charge in [0, 0.05) is 31.1 Å². The quantitative estimate of drug-likeness (QED) is 0.357. The third kappa shape index (κ3) is 5.56. The van der Waals surface area contributed by atoms with Gasteiger partial charge >= 0.3 is 6.18 Å². The Morgan fingerprint density at radius 3 is 2.31 bits per heavy atom. The zero-order valence-corrected chi connectivity index (χ0v) is 20.9. The summed E-state index contributed by atoms with van der Waals surface area (Å²) in [6.07, 6.45) is -4.92. The van der Waals surface area contributed by atoms with E-state index in [1.54, 1.807) is 38.4 Å². The van der Waals surface area contributed by atoms with E-state index in [2.05, 4.69) is 15.4 Å². The zero-order chi connectivity index (χ0) is 28.6. The van der Waals surface area contributed by atoms with Crippen molar-refractivity contribution in [3.63, 3.8) is 0 Å². The van der Waals surface area contributed by atoms with Crippen LogP contribution < -0.4 is 11.1 Å². The highest BCUT2D eigenvalue weighted by molar-refractivity contribution is 6.10. The van der Waals surface area contributed by atoms with Crippen LogP contribution in [-0.2, 0) is 12.7 Å². The number of hydrogen-bond donors (Lipinski definition) is 2. The van der Waals surface area contributed by atoms with E-state index in [-0.39, 0.29) is 34.6 Å². The minimum atomic E-state index is -4.92. The fourth-order valence-corrected chi connectivity index (χ4v) is 3.93. The number of aromatic nitrogens is 3. The maximum Gasteiger partial charge on any atom is 0.437 e. The normalized spacial score (nSPS) is 11.5. The molecule has 2 aromatic heterocycles. The van der Waals surface area contributed by atoms with Gasteiger partial charge in [0.2, 0.25) is 5.91 Å². The third-order valence-electron chi connectivity index (χ3n) is 5.92. The van der Waals surface area contributed by atoms with Crippen LogP contribution in [0.1, 0.15) is 48.2 Å². The highest BCUT2D eigenvalue weighted by atomic mass is 19.4. The zero-order valence-electron chi connectivity index (χ0n) is 20.9. The van der Waals surface area contributed by atoms with Gasteiger partial charge in [-0.15, -0.1) is 0 Å². The Morgan fingerprint density at radius 1 is 1.05 bits per heavy atom. The van der Waals surface area contributed by atoms with Gasteiger partial charge in [0.15, 0.2) is 5.69 Å². The number of nitrogens with zero attached hydrogens (tertiary/aromatic N) is 4. The lowest BCUT2D eigenvalue weighted by Crippen LogP contribution is -2.21. The average Bonchev–Trinajstić information content (AvgIpc) is 3.18. The highest BCUT2D eigenvalue weighted by Gasteiger charge is 2.39. The molecule has 4 rings (SSSR count). The molecule has 3 amide bonds. The minimum Gasteiger partial charge on any atom is -0.366 e. The van der Waals surface area contributed by atoms with Crippen molar-refractivity contribution < 1.29 is 31.9 Å². The van der Waals surface area contributed by atoms with E-state index in [1.807, 2.05) is 0 Å². The van der Waals surface area contributed by atoms with Gasteiger partial charge in [0.25, 0.3) is 11.8 Å². The molecule has 0 fully saturated rings. The predicted octanol–water partition coefficient (Wildman–Crippen LogP) is 4.00. The van der Waals surface area contributed by atoms with E-state index < -0.39 is 40.9 Å². The highest BCUT2D eigenvalue weighted by Crippen LogP contribution is 2.36. The number of alkyl halides is 3. The number of carbonyl (C=O) groups excluding carboxylic acids is 3. The number of anilines is 1. The summed E-state index contributed by atoms with van der Waals surface area (Å²) in [7, 11) is 3.19. The number of benzene rings is 2. The fraction of sp³-hybridized carbons (Fsp3) is 0.192. The van der Waals surface area contributed by atoms with Gasteiger partial charge in [-0.3, -0.25) is 19.1 Å². The number of rotatable bonds is 6. The minimum absolute atomic E-state index is 0.00826. The molecular weight excluding hydrogens is 520 g/mol. The van der Waals surface area contributed by atoms with Crippen molar-refractivity contribution in [1.82, 2.24) is 19.7 Å². The van der Waals surface area contributed by atoms with E-state index >= 15 is 0 Å². The molecule has 9 nitrogen and oxygen atoms in total. The van der Waals surface area contributed by atoms with Gasteiger partial charge in [-0.1, -0.05) is 12.1 Å². The molecule has 2 aromatic carbocycles. The fourth-order valence-electron chi connectivity index (χ4n) is 3.93. The molecule has 0 unspecified atom stereocenters. The van der Waals surface area contributed by atoms with Crippen LogP contribution in [0, 0.1) is 12.7 Å². The van der Waals surface area contributed by atoms with Crippen LogP contribution in [0.2, 0.25) is 0 Å². The maximum atomic E-state index is 13.9. The molecule has 39 heavy (non-hydrogen) atoms. The Bertz CT molecular complexity index is 1610. The average molecular weight is 542 g/mol. The third-order valence-corrected chi connectivity index (χ3v) is 5.92. The molecule has 2 heterocycles. The van der Waals surface area contributed by atoms with E-state index in [0.29, 0.717) is 11.1 Å². The molecule has 0 aliphatic rings. The number of carbonyl (C=O) groups is 3. The van der Waals surface area contributed by atoms with Crippen LogP contribution >= 0.6 is 0 Å². The van der Waals surface area contributed by atoms with Crippen LogP contribution in [0.15, 0.2) is 48.5 Å². The number of nitrogens with one attached hydrogen (secondary N) is 1. The Labute approximate surface area is 219 Å². The lowest BCUT2D eigenvalue weighted by molar-refractivity contribution is -0.140. The lowest BCUT2D eigenvalue weighted by atomic mass is 10.1. The topological polar surface area (TPSA) is 123 Å². The molecule has 0 atom stereocenters. The van der Waals surface area contributed by atoms with Crippen molar-refractivity contribution in [2.24, 2.45) is 5.73 Å². The van der Waals surface area contributed by atoms with Crippen molar-refractivity contribution in [2.45, 2.75) is 19.6 Å². The van der Waals surface area contributed by atoms with Crippen molar-refractivity contribution >= 4 is 34.3 Å². The van der Waals surface area contributed by atoms with Gasteiger partial charge in [-0.2, -0.15) is 18.3 Å². The molecule has 4 aromatic rings. The van der Waals surface area contributed by atoms with E-state index in [1.165, 1.54) is 17.9 Å². The Kier molecular flexibility index (Phi) is 7.09. The number of amides is 3. The summed E-state index contributed by atoms with van der Waals surface area (Å²) in [5.41, 5.74) is 3.74. The number of primary amides is 1. The number of halogens is 4. The van der Waals surface area contributed by atoms with Gasteiger partial charge in [0.05, 0.1) is 29.0 Å². The second kappa shape index (κ2) is 10.2. The first kappa shape index (κ1) is 27.2. The predicted molar refractivity (Wildman–Crippen MR) is 134 cm³/mol. The van der Waals surface area contributed by atoms with Crippen molar-refractivity contribution in [2.75, 3.05) is 19.4 Å². The molecular formula is C26H22F4N6O3. The summed E-state index contributed by atoms with van der Waals surface area (Å²) in [6, 6.07) is 10.6. The van der Waals surface area contributed by atoms with Gasteiger partial charge in [0.1, 0.15) is 11.5 Å². The number of fused-ring (bicyclic) bond motifs is 1. The molecule has 0 saturated heterocycles. The Balaban J connectivity index is 1.69. The van der Waals surface area contributed by atoms with Crippen molar-refractivity contribution in [1.29, 1.82) is 0 Å². The molecule has 0 aliphatic heterocycles. The monoisotopic (exact) mass is 542 g/mol. The van der Waals surface area contributed by atoms with Gasteiger partial charge < -0.3 is 16.0 Å².